The standard InChI is InChI=1S/3NO3.V/c3*2-1(3)4;/q3*-1;. The van der Waals surface area contributed by atoms with Crippen LogP contribution in [0.3, 0.4) is 0 Å². The zero-order valence-electron chi connectivity index (χ0n) is 5.46. The first kappa shape index (κ1) is 22.5. The largest absolute Gasteiger partial charge is 0.356 e. The van der Waals surface area contributed by atoms with Crippen LogP contribution in [0.1, 0.15) is 0 Å². The Morgan fingerprint density at radius 1 is 0.538 bits per heavy atom. The molecule has 0 rings (SSSR count). The minimum absolute atomic E-state index is 0. The Labute approximate surface area is 80.6 Å². The number of hydrogen-bond donors (Lipinski definition) is 0. The number of rotatable bonds is 0. The summed E-state index contributed by atoms with van der Waals surface area (Å²) in [5.41, 5.74) is 0. The first-order chi connectivity index (χ1) is 5.20. The van der Waals surface area contributed by atoms with Gasteiger partial charge >= 0.3 is 0 Å². The maximum atomic E-state index is 8.25. The summed E-state index contributed by atoms with van der Waals surface area (Å²) < 4.78 is 0. The third-order valence-corrected chi connectivity index (χ3v) is 0. The van der Waals surface area contributed by atoms with E-state index < -0.39 is 15.3 Å². The monoisotopic (exact) mass is 237 g/mol. The molecule has 0 aliphatic rings. The molecule has 0 aromatic heterocycles. The average Bonchev–Trinajstić information content (AvgIpc) is 1.54. The Bertz CT molecular complexity index is 112. The van der Waals surface area contributed by atoms with Crippen molar-refractivity contribution >= 4 is 0 Å². The molecule has 0 spiro atoms. The van der Waals surface area contributed by atoms with Crippen LogP contribution in [0.5, 0.6) is 0 Å². The first-order valence-corrected chi connectivity index (χ1v) is 1.64. The fourth-order valence-electron chi connectivity index (χ4n) is 0. The van der Waals surface area contributed by atoms with Crippen LogP contribution in [-0.2, 0) is 18.6 Å². The van der Waals surface area contributed by atoms with Crippen LogP contribution >= 0.6 is 0 Å². The summed E-state index contributed by atoms with van der Waals surface area (Å²) >= 11 is 0. The van der Waals surface area contributed by atoms with Crippen molar-refractivity contribution in [3.8, 4) is 0 Å². The van der Waals surface area contributed by atoms with Crippen molar-refractivity contribution in [3.63, 3.8) is 0 Å². The van der Waals surface area contributed by atoms with E-state index in [0.29, 0.717) is 0 Å². The number of hydrogen-bond acceptors (Lipinski definition) is 9. The molecule has 77 valence electrons. The molecule has 13 heteroatoms. The van der Waals surface area contributed by atoms with Crippen LogP contribution in [0.15, 0.2) is 0 Å². The summed E-state index contributed by atoms with van der Waals surface area (Å²) in [4.78, 5) is 24.8. The fourth-order valence-corrected chi connectivity index (χ4v) is 0. The molecule has 0 bridgehead atoms. The second-order valence-electron chi connectivity index (χ2n) is 0.671. The summed E-state index contributed by atoms with van der Waals surface area (Å²) in [5, 5.41) is 44.2. The molecule has 0 unspecified atom stereocenters. The summed E-state index contributed by atoms with van der Waals surface area (Å²) in [6.07, 6.45) is 0. The minimum atomic E-state index is -1.75. The Hall–Kier alpha value is -1.82. The molecule has 0 aliphatic carbocycles. The summed E-state index contributed by atoms with van der Waals surface area (Å²) in [6.45, 7) is 0. The van der Waals surface area contributed by atoms with E-state index in [1.807, 2.05) is 0 Å². The predicted octanol–water partition coefficient (Wildman–Crippen LogP) is -0.720. The molecule has 0 N–H and O–H groups in total. The Morgan fingerprint density at radius 2 is 0.538 bits per heavy atom. The van der Waals surface area contributed by atoms with Gasteiger partial charge in [-0.3, -0.25) is 0 Å². The van der Waals surface area contributed by atoms with Gasteiger partial charge in [-0.1, -0.05) is 0 Å². The molecule has 0 aliphatic heterocycles. The molecule has 0 saturated carbocycles. The van der Waals surface area contributed by atoms with Crippen LogP contribution in [0, 0.1) is 46.0 Å². The van der Waals surface area contributed by atoms with Crippen molar-refractivity contribution in [1.29, 1.82) is 0 Å². The van der Waals surface area contributed by atoms with Crippen molar-refractivity contribution in [2.45, 2.75) is 0 Å². The molecular weight excluding hydrogens is 237 g/mol. The van der Waals surface area contributed by atoms with Crippen molar-refractivity contribution in [2.75, 3.05) is 0 Å². The zero-order valence-corrected chi connectivity index (χ0v) is 6.86. The number of nitrogens with zero attached hydrogens (tertiary/aromatic N) is 3. The summed E-state index contributed by atoms with van der Waals surface area (Å²) in [5.74, 6) is 0. The molecule has 0 heterocycles. The van der Waals surface area contributed by atoms with E-state index in [2.05, 4.69) is 0 Å². The van der Waals surface area contributed by atoms with Crippen LogP contribution in [0.2, 0.25) is 0 Å². The van der Waals surface area contributed by atoms with Gasteiger partial charge in [0.1, 0.15) is 0 Å². The van der Waals surface area contributed by atoms with Crippen LogP contribution in [-0.4, -0.2) is 15.3 Å². The Balaban J connectivity index is -0.0000000450. The van der Waals surface area contributed by atoms with Gasteiger partial charge < -0.3 is 46.0 Å². The maximum Gasteiger partial charge on any atom is 0.0689 e. The third kappa shape index (κ3) is 207. The topological polar surface area (TPSA) is 199 Å². The van der Waals surface area contributed by atoms with Gasteiger partial charge in [0, 0.05) is 18.6 Å². The Morgan fingerprint density at radius 3 is 0.538 bits per heavy atom. The van der Waals surface area contributed by atoms with Gasteiger partial charge in [-0.2, -0.15) is 0 Å². The molecule has 0 aromatic rings. The van der Waals surface area contributed by atoms with Gasteiger partial charge in [0.05, 0.1) is 15.3 Å². The van der Waals surface area contributed by atoms with E-state index in [1.165, 1.54) is 0 Å². The molecule has 13 heavy (non-hydrogen) atoms. The molecule has 0 aromatic carbocycles. The molecule has 0 atom stereocenters. The second-order valence-corrected chi connectivity index (χ2v) is 0.671. The predicted molar refractivity (Wildman–Crippen MR) is 31.1 cm³/mol. The van der Waals surface area contributed by atoms with Crippen LogP contribution in [0.4, 0.5) is 0 Å². The third-order valence-electron chi connectivity index (χ3n) is 0. The second kappa shape index (κ2) is 16.6. The zero-order chi connectivity index (χ0) is 10.7. The van der Waals surface area contributed by atoms with Crippen LogP contribution < -0.4 is 0 Å². The smallest absolute Gasteiger partial charge is 0.0689 e. The van der Waals surface area contributed by atoms with Crippen molar-refractivity contribution in [3.05, 3.63) is 46.0 Å². The van der Waals surface area contributed by atoms with Gasteiger partial charge in [-0.05, 0) is 0 Å². The van der Waals surface area contributed by atoms with Crippen molar-refractivity contribution < 1.29 is 33.8 Å². The SMILES string of the molecule is O=[N+]([O-])[O-].O=[N+]([O-])[O-].O=[N+]([O-])[O-].[V]. The molecule has 1 radical (unpaired) electrons. The quantitative estimate of drug-likeness (QED) is 0.384. The van der Waals surface area contributed by atoms with Crippen molar-refractivity contribution in [1.82, 2.24) is 0 Å². The first-order valence-electron chi connectivity index (χ1n) is 1.64. The normalized spacial score (nSPS) is 5.54. The van der Waals surface area contributed by atoms with Gasteiger partial charge in [0.15, 0.2) is 0 Å². The fraction of sp³-hybridized carbons (Fsp3) is 0. The van der Waals surface area contributed by atoms with Gasteiger partial charge in [-0.15, -0.1) is 0 Å². The molecular formula is N3O9V-3. The Kier molecular flexibility index (Phi) is 28.8. The molecule has 0 fully saturated rings. The van der Waals surface area contributed by atoms with E-state index in [0.717, 1.165) is 0 Å². The molecule has 0 amide bonds. The van der Waals surface area contributed by atoms with Gasteiger partial charge in [-0.25, -0.2) is 0 Å². The van der Waals surface area contributed by atoms with Gasteiger partial charge in [0.25, 0.3) is 0 Å². The van der Waals surface area contributed by atoms with E-state index in [4.69, 9.17) is 46.0 Å². The molecule has 12 nitrogen and oxygen atoms in total. The minimum Gasteiger partial charge on any atom is -0.356 e. The summed E-state index contributed by atoms with van der Waals surface area (Å²) in [6, 6.07) is 0. The summed E-state index contributed by atoms with van der Waals surface area (Å²) in [7, 11) is 0. The van der Waals surface area contributed by atoms with Gasteiger partial charge in [0.2, 0.25) is 0 Å². The van der Waals surface area contributed by atoms with E-state index in [1.54, 1.807) is 0 Å². The average molecular weight is 237 g/mol. The van der Waals surface area contributed by atoms with E-state index >= 15 is 0 Å². The maximum absolute atomic E-state index is 8.25. The molecule has 0 saturated heterocycles. The van der Waals surface area contributed by atoms with Crippen molar-refractivity contribution in [2.24, 2.45) is 0 Å². The van der Waals surface area contributed by atoms with Crippen LogP contribution in [0.25, 0.3) is 0 Å². The van der Waals surface area contributed by atoms with E-state index in [-0.39, 0.29) is 18.6 Å². The van der Waals surface area contributed by atoms with E-state index in [9.17, 15) is 0 Å².